The maximum absolute atomic E-state index is 11.5. The summed E-state index contributed by atoms with van der Waals surface area (Å²) in [4.78, 5) is 15.6. The number of likely N-dealkylation sites (tertiary alicyclic amines) is 1. The van der Waals surface area contributed by atoms with Crippen LogP contribution in [0.25, 0.3) is 0 Å². The maximum Gasteiger partial charge on any atom is 0.223 e. The summed E-state index contributed by atoms with van der Waals surface area (Å²) in [5, 5.41) is 3.57. The highest BCUT2D eigenvalue weighted by Gasteiger charge is 2.18. The Labute approximate surface area is 105 Å². The third-order valence-electron chi connectivity index (χ3n) is 3.41. The van der Waals surface area contributed by atoms with Gasteiger partial charge in [-0.3, -0.25) is 4.79 Å². The lowest BCUT2D eigenvalue weighted by molar-refractivity contribution is -0.129. The lowest BCUT2D eigenvalue weighted by Gasteiger charge is -2.32. The van der Waals surface area contributed by atoms with Crippen molar-refractivity contribution in [3.8, 4) is 0 Å². The average molecular weight is 241 g/mol. The van der Waals surface area contributed by atoms with Crippen molar-refractivity contribution in [2.45, 2.75) is 38.6 Å². The first-order valence-corrected chi connectivity index (χ1v) is 6.79. The summed E-state index contributed by atoms with van der Waals surface area (Å²) in [6.45, 7) is 6.50. The largest absolute Gasteiger partial charge is 0.349 e. The first-order chi connectivity index (χ1) is 8.13. The monoisotopic (exact) mass is 241 g/mol. The number of piperidine rings is 1. The molecule has 0 radical (unpaired) electrons. The smallest absolute Gasteiger partial charge is 0.223 e. The van der Waals surface area contributed by atoms with Crippen LogP contribution < -0.4 is 5.32 Å². The predicted molar refractivity (Wildman–Crippen MR) is 71.1 cm³/mol. The summed E-state index contributed by atoms with van der Waals surface area (Å²) in [6, 6.07) is 0.691. The van der Waals surface area contributed by atoms with Crippen molar-refractivity contribution < 1.29 is 4.79 Å². The van der Waals surface area contributed by atoms with Gasteiger partial charge in [0.15, 0.2) is 0 Å². The molecular weight excluding hydrogens is 214 g/mol. The van der Waals surface area contributed by atoms with Crippen molar-refractivity contribution in [1.29, 1.82) is 0 Å². The summed E-state index contributed by atoms with van der Waals surface area (Å²) in [5.41, 5.74) is 0. The van der Waals surface area contributed by atoms with Crippen LogP contribution in [0.5, 0.6) is 0 Å². The molecule has 1 heterocycles. The average Bonchev–Trinajstić information content (AvgIpc) is 2.34. The second-order valence-corrected chi connectivity index (χ2v) is 5.11. The molecule has 4 nitrogen and oxygen atoms in total. The van der Waals surface area contributed by atoms with Crippen LogP contribution in [0, 0.1) is 0 Å². The molecule has 1 aliphatic heterocycles. The van der Waals surface area contributed by atoms with Crippen LogP contribution in [0.1, 0.15) is 32.6 Å². The molecule has 1 amide bonds. The van der Waals surface area contributed by atoms with Gasteiger partial charge in [0, 0.05) is 33.1 Å². The molecule has 0 aromatic heterocycles. The summed E-state index contributed by atoms with van der Waals surface area (Å²) in [5.74, 6) is 0.233. The molecule has 0 saturated carbocycles. The molecule has 0 aromatic rings. The van der Waals surface area contributed by atoms with Crippen LogP contribution in [0.3, 0.4) is 0 Å². The minimum Gasteiger partial charge on any atom is -0.349 e. The van der Waals surface area contributed by atoms with E-state index < -0.39 is 0 Å². The Balaban J connectivity index is 2.12. The third-order valence-corrected chi connectivity index (χ3v) is 3.41. The quantitative estimate of drug-likeness (QED) is 0.751. The standard InChI is InChI=1S/C13H27N3O/c1-4-8-14-12-5-9-16(10-6-12)11-7-13(17)15(2)3/h12,14H,4-11H2,1-3H3. The number of carbonyl (C=O) groups excluding carboxylic acids is 1. The van der Waals surface area contributed by atoms with Gasteiger partial charge in [0.25, 0.3) is 0 Å². The molecule has 0 aliphatic carbocycles. The molecule has 1 N–H and O–H groups in total. The lowest BCUT2D eigenvalue weighted by atomic mass is 10.0. The molecule has 1 rings (SSSR count). The second kappa shape index (κ2) is 7.67. The Kier molecular flexibility index (Phi) is 6.52. The Morgan fingerprint density at radius 1 is 1.35 bits per heavy atom. The zero-order valence-corrected chi connectivity index (χ0v) is 11.5. The van der Waals surface area contributed by atoms with Crippen LogP contribution in [-0.2, 0) is 4.79 Å². The van der Waals surface area contributed by atoms with Gasteiger partial charge in [0.2, 0.25) is 5.91 Å². The van der Waals surface area contributed by atoms with Gasteiger partial charge in [-0.1, -0.05) is 6.92 Å². The number of rotatable bonds is 6. The van der Waals surface area contributed by atoms with Crippen molar-refractivity contribution in [2.75, 3.05) is 40.3 Å². The normalized spacial score (nSPS) is 18.3. The van der Waals surface area contributed by atoms with Gasteiger partial charge in [-0.05, 0) is 38.9 Å². The van der Waals surface area contributed by atoms with Crippen LogP contribution >= 0.6 is 0 Å². The molecule has 0 aromatic carbocycles. The Morgan fingerprint density at radius 3 is 2.53 bits per heavy atom. The molecule has 100 valence electrons. The Bertz CT molecular complexity index is 223. The minimum atomic E-state index is 0.233. The molecule has 1 aliphatic rings. The topological polar surface area (TPSA) is 35.6 Å². The second-order valence-electron chi connectivity index (χ2n) is 5.11. The maximum atomic E-state index is 11.5. The van der Waals surface area contributed by atoms with Gasteiger partial charge in [-0.25, -0.2) is 0 Å². The molecule has 1 fully saturated rings. The number of nitrogens with one attached hydrogen (secondary N) is 1. The molecule has 0 spiro atoms. The van der Waals surface area contributed by atoms with Gasteiger partial charge in [0.05, 0.1) is 0 Å². The number of hydrogen-bond donors (Lipinski definition) is 1. The highest BCUT2D eigenvalue weighted by Crippen LogP contribution is 2.10. The highest BCUT2D eigenvalue weighted by atomic mass is 16.2. The van der Waals surface area contributed by atoms with E-state index in [0.717, 1.165) is 26.2 Å². The summed E-state index contributed by atoms with van der Waals surface area (Å²) >= 11 is 0. The summed E-state index contributed by atoms with van der Waals surface area (Å²) < 4.78 is 0. The van der Waals surface area contributed by atoms with Crippen LogP contribution in [-0.4, -0.2) is 62.0 Å². The fourth-order valence-electron chi connectivity index (χ4n) is 2.19. The van der Waals surface area contributed by atoms with E-state index in [0.29, 0.717) is 12.5 Å². The van der Waals surface area contributed by atoms with Gasteiger partial charge in [-0.2, -0.15) is 0 Å². The van der Waals surface area contributed by atoms with E-state index in [-0.39, 0.29) is 5.91 Å². The van der Waals surface area contributed by atoms with Crippen LogP contribution in [0.15, 0.2) is 0 Å². The van der Waals surface area contributed by atoms with Crippen molar-refractivity contribution in [3.05, 3.63) is 0 Å². The zero-order valence-electron chi connectivity index (χ0n) is 11.5. The van der Waals surface area contributed by atoms with E-state index in [1.54, 1.807) is 4.90 Å². The van der Waals surface area contributed by atoms with Crippen LogP contribution in [0.4, 0.5) is 0 Å². The highest BCUT2D eigenvalue weighted by molar-refractivity contribution is 5.75. The number of amides is 1. The lowest BCUT2D eigenvalue weighted by Crippen LogP contribution is -2.43. The molecule has 1 saturated heterocycles. The zero-order chi connectivity index (χ0) is 12.7. The van der Waals surface area contributed by atoms with Crippen molar-refractivity contribution in [3.63, 3.8) is 0 Å². The fourth-order valence-corrected chi connectivity index (χ4v) is 2.19. The van der Waals surface area contributed by atoms with Gasteiger partial charge in [0.1, 0.15) is 0 Å². The molecule has 0 atom stereocenters. The molecule has 0 unspecified atom stereocenters. The first kappa shape index (κ1) is 14.5. The van der Waals surface area contributed by atoms with E-state index in [9.17, 15) is 4.79 Å². The first-order valence-electron chi connectivity index (χ1n) is 6.79. The fraction of sp³-hybridized carbons (Fsp3) is 0.923. The predicted octanol–water partition coefficient (Wildman–Crippen LogP) is 0.929. The molecule has 4 heteroatoms. The van der Waals surface area contributed by atoms with E-state index in [2.05, 4.69) is 17.1 Å². The summed E-state index contributed by atoms with van der Waals surface area (Å²) in [7, 11) is 3.65. The van der Waals surface area contributed by atoms with Crippen molar-refractivity contribution in [1.82, 2.24) is 15.1 Å². The minimum absolute atomic E-state index is 0.233. The molecule has 17 heavy (non-hydrogen) atoms. The Morgan fingerprint density at radius 2 is 2.00 bits per heavy atom. The SMILES string of the molecule is CCCNC1CCN(CCC(=O)N(C)C)CC1. The van der Waals surface area contributed by atoms with Gasteiger partial charge >= 0.3 is 0 Å². The van der Waals surface area contributed by atoms with E-state index in [1.165, 1.54) is 19.3 Å². The van der Waals surface area contributed by atoms with E-state index in [1.807, 2.05) is 14.1 Å². The van der Waals surface area contributed by atoms with Gasteiger partial charge < -0.3 is 15.1 Å². The van der Waals surface area contributed by atoms with Crippen LogP contribution in [0.2, 0.25) is 0 Å². The number of nitrogens with zero attached hydrogens (tertiary/aromatic N) is 2. The summed E-state index contributed by atoms with van der Waals surface area (Å²) in [6.07, 6.45) is 4.30. The number of carbonyl (C=O) groups is 1. The van der Waals surface area contributed by atoms with Crippen molar-refractivity contribution >= 4 is 5.91 Å². The Hall–Kier alpha value is -0.610. The number of hydrogen-bond acceptors (Lipinski definition) is 3. The van der Waals surface area contributed by atoms with Crippen molar-refractivity contribution in [2.24, 2.45) is 0 Å². The molecule has 0 bridgehead atoms. The van der Waals surface area contributed by atoms with Gasteiger partial charge in [-0.15, -0.1) is 0 Å². The molecular formula is C13H27N3O. The van der Waals surface area contributed by atoms with E-state index >= 15 is 0 Å². The van der Waals surface area contributed by atoms with E-state index in [4.69, 9.17) is 0 Å². The third kappa shape index (κ3) is 5.50.